The average molecular weight is 382 g/mol. The van der Waals surface area contributed by atoms with Gasteiger partial charge < -0.3 is 30.6 Å². The molecule has 1 aromatic carbocycles. The highest BCUT2D eigenvalue weighted by molar-refractivity contribution is 5.90. The van der Waals surface area contributed by atoms with Gasteiger partial charge in [-0.1, -0.05) is 0 Å². The van der Waals surface area contributed by atoms with E-state index >= 15 is 0 Å². The molecule has 0 amide bonds. The molecule has 9 heteroatoms. The largest absolute Gasteiger partial charge is 0.493 e. The van der Waals surface area contributed by atoms with Crippen LogP contribution in [-0.2, 0) is 13.0 Å². The van der Waals surface area contributed by atoms with Crippen molar-refractivity contribution in [2.45, 2.75) is 13.0 Å². The summed E-state index contributed by atoms with van der Waals surface area (Å²) in [4.78, 5) is 15.0. The molecule has 4 rings (SSSR count). The SMILES string of the molecule is COc1cc(N2CCc3c(cnc4nc(N)nc(N)c34)C2)cc(OC)c1OC. The van der Waals surface area contributed by atoms with Gasteiger partial charge in [0.15, 0.2) is 17.1 Å². The monoisotopic (exact) mass is 382 g/mol. The summed E-state index contributed by atoms with van der Waals surface area (Å²) in [6.45, 7) is 1.45. The van der Waals surface area contributed by atoms with Crippen LogP contribution in [0.2, 0.25) is 0 Å². The van der Waals surface area contributed by atoms with Crippen molar-refractivity contribution in [3.63, 3.8) is 0 Å². The minimum atomic E-state index is 0.132. The molecule has 4 N–H and O–H groups in total. The fraction of sp³-hybridized carbons (Fsp3) is 0.316. The Labute approximate surface area is 162 Å². The predicted octanol–water partition coefficient (Wildman–Crippen LogP) is 1.78. The van der Waals surface area contributed by atoms with Crippen molar-refractivity contribution in [1.29, 1.82) is 0 Å². The van der Waals surface area contributed by atoms with Crippen molar-refractivity contribution in [2.24, 2.45) is 0 Å². The van der Waals surface area contributed by atoms with Crippen molar-refractivity contribution in [1.82, 2.24) is 15.0 Å². The number of hydrogen-bond acceptors (Lipinski definition) is 9. The molecular weight excluding hydrogens is 360 g/mol. The van der Waals surface area contributed by atoms with Gasteiger partial charge in [-0.3, -0.25) is 0 Å². The van der Waals surface area contributed by atoms with Gasteiger partial charge in [-0.25, -0.2) is 4.98 Å². The Morgan fingerprint density at radius 1 is 1.00 bits per heavy atom. The highest BCUT2D eigenvalue weighted by atomic mass is 16.5. The van der Waals surface area contributed by atoms with Gasteiger partial charge in [0.2, 0.25) is 11.7 Å². The first-order chi connectivity index (χ1) is 13.5. The normalized spacial score (nSPS) is 13.3. The number of hydrogen-bond donors (Lipinski definition) is 2. The number of fused-ring (bicyclic) bond motifs is 3. The number of pyridine rings is 1. The van der Waals surface area contributed by atoms with Gasteiger partial charge in [0.1, 0.15) is 5.82 Å². The molecule has 0 unspecified atom stereocenters. The number of methoxy groups -OCH3 is 3. The van der Waals surface area contributed by atoms with Crippen molar-refractivity contribution in [3.05, 3.63) is 29.5 Å². The van der Waals surface area contributed by atoms with E-state index < -0.39 is 0 Å². The quantitative estimate of drug-likeness (QED) is 0.695. The van der Waals surface area contributed by atoms with Crippen LogP contribution in [0.4, 0.5) is 17.5 Å². The van der Waals surface area contributed by atoms with Crippen LogP contribution in [-0.4, -0.2) is 42.8 Å². The zero-order valence-electron chi connectivity index (χ0n) is 16.0. The number of rotatable bonds is 4. The molecule has 3 aromatic rings. The second-order valence-electron chi connectivity index (χ2n) is 6.48. The Morgan fingerprint density at radius 2 is 1.71 bits per heavy atom. The lowest BCUT2D eigenvalue weighted by Crippen LogP contribution is -2.31. The third-order valence-electron chi connectivity index (χ3n) is 4.97. The second kappa shape index (κ2) is 6.91. The Balaban J connectivity index is 1.74. The zero-order chi connectivity index (χ0) is 19.8. The molecule has 1 aliphatic rings. The Bertz CT molecular complexity index is 1030. The lowest BCUT2D eigenvalue weighted by Gasteiger charge is -2.32. The number of nitrogens with two attached hydrogens (primary N) is 2. The van der Waals surface area contributed by atoms with E-state index in [1.807, 2.05) is 18.3 Å². The second-order valence-corrected chi connectivity index (χ2v) is 6.48. The first-order valence-corrected chi connectivity index (χ1v) is 8.80. The van der Waals surface area contributed by atoms with Gasteiger partial charge in [-0.2, -0.15) is 9.97 Å². The zero-order valence-corrected chi connectivity index (χ0v) is 16.0. The van der Waals surface area contributed by atoms with Crippen LogP contribution in [0.5, 0.6) is 17.2 Å². The number of aromatic nitrogens is 3. The topological polar surface area (TPSA) is 122 Å². The number of ether oxygens (including phenoxy) is 3. The molecule has 0 fully saturated rings. The molecule has 0 spiro atoms. The van der Waals surface area contributed by atoms with Crippen molar-refractivity contribution >= 4 is 28.5 Å². The van der Waals surface area contributed by atoms with E-state index in [0.29, 0.717) is 35.3 Å². The van der Waals surface area contributed by atoms with Crippen LogP contribution in [0.1, 0.15) is 11.1 Å². The number of nitrogens with zero attached hydrogens (tertiary/aromatic N) is 4. The van der Waals surface area contributed by atoms with E-state index in [0.717, 1.165) is 35.2 Å². The van der Waals surface area contributed by atoms with Gasteiger partial charge in [0.05, 0.1) is 26.7 Å². The lowest BCUT2D eigenvalue weighted by molar-refractivity contribution is 0.324. The lowest BCUT2D eigenvalue weighted by atomic mass is 9.98. The highest BCUT2D eigenvalue weighted by Crippen LogP contribution is 2.42. The molecule has 0 saturated carbocycles. The summed E-state index contributed by atoms with van der Waals surface area (Å²) in [6, 6.07) is 3.89. The molecule has 28 heavy (non-hydrogen) atoms. The van der Waals surface area contributed by atoms with E-state index in [-0.39, 0.29) is 5.95 Å². The van der Waals surface area contributed by atoms with Crippen LogP contribution >= 0.6 is 0 Å². The van der Waals surface area contributed by atoms with Crippen LogP contribution in [0.25, 0.3) is 11.0 Å². The molecular formula is C19H22N6O3. The van der Waals surface area contributed by atoms with Crippen molar-refractivity contribution in [3.8, 4) is 17.2 Å². The third kappa shape index (κ3) is 2.84. The maximum atomic E-state index is 6.10. The Kier molecular flexibility index (Phi) is 4.42. The summed E-state index contributed by atoms with van der Waals surface area (Å²) in [5.74, 6) is 2.31. The Hall–Kier alpha value is -3.49. The number of nitrogen functional groups attached to an aromatic ring is 2. The third-order valence-corrected chi connectivity index (χ3v) is 4.97. The van der Waals surface area contributed by atoms with E-state index in [9.17, 15) is 0 Å². The summed E-state index contributed by atoms with van der Waals surface area (Å²) in [5.41, 5.74) is 15.5. The molecule has 146 valence electrons. The molecule has 0 bridgehead atoms. The molecule has 9 nitrogen and oxygen atoms in total. The van der Waals surface area contributed by atoms with Crippen molar-refractivity contribution in [2.75, 3.05) is 44.2 Å². The number of benzene rings is 1. The van der Waals surface area contributed by atoms with Gasteiger partial charge in [-0.15, -0.1) is 0 Å². The first kappa shape index (κ1) is 17.9. The fourth-order valence-corrected chi connectivity index (χ4v) is 3.67. The number of anilines is 3. The average Bonchev–Trinajstić information content (AvgIpc) is 2.71. The standard InChI is InChI=1S/C19H22N6O3/c1-26-13-6-11(7-14(27-2)16(13)28-3)25-5-4-12-10(9-25)8-22-18-15(12)17(20)23-19(21)24-18/h6-8H,4-5,9H2,1-3H3,(H4,20,21,22,23,24). The van der Waals surface area contributed by atoms with Gasteiger partial charge in [0, 0.05) is 37.1 Å². The van der Waals surface area contributed by atoms with E-state index in [1.165, 1.54) is 0 Å². The van der Waals surface area contributed by atoms with Crippen LogP contribution in [0.3, 0.4) is 0 Å². The minimum absolute atomic E-state index is 0.132. The summed E-state index contributed by atoms with van der Waals surface area (Å²) < 4.78 is 16.4. The summed E-state index contributed by atoms with van der Waals surface area (Å²) >= 11 is 0. The molecule has 0 aliphatic carbocycles. The maximum absolute atomic E-state index is 6.10. The van der Waals surface area contributed by atoms with Gasteiger partial charge in [-0.05, 0) is 17.5 Å². The summed E-state index contributed by atoms with van der Waals surface area (Å²) in [6.07, 6.45) is 2.61. The Morgan fingerprint density at radius 3 is 2.36 bits per heavy atom. The fourth-order valence-electron chi connectivity index (χ4n) is 3.67. The van der Waals surface area contributed by atoms with Crippen molar-refractivity contribution < 1.29 is 14.2 Å². The van der Waals surface area contributed by atoms with Crippen LogP contribution in [0.15, 0.2) is 18.3 Å². The van der Waals surface area contributed by atoms with Crippen LogP contribution in [0, 0.1) is 0 Å². The first-order valence-electron chi connectivity index (χ1n) is 8.80. The smallest absolute Gasteiger partial charge is 0.224 e. The maximum Gasteiger partial charge on any atom is 0.224 e. The molecule has 0 atom stereocenters. The predicted molar refractivity (Wildman–Crippen MR) is 107 cm³/mol. The molecule has 0 radical (unpaired) electrons. The molecule has 2 aromatic heterocycles. The van der Waals surface area contributed by atoms with Gasteiger partial charge in [0.25, 0.3) is 0 Å². The van der Waals surface area contributed by atoms with E-state index in [2.05, 4.69) is 19.9 Å². The highest BCUT2D eigenvalue weighted by Gasteiger charge is 2.24. The minimum Gasteiger partial charge on any atom is -0.493 e. The molecule has 3 heterocycles. The summed E-state index contributed by atoms with van der Waals surface area (Å²) in [5, 5.41) is 0.788. The summed E-state index contributed by atoms with van der Waals surface area (Å²) in [7, 11) is 4.81. The van der Waals surface area contributed by atoms with Crippen LogP contribution < -0.4 is 30.6 Å². The van der Waals surface area contributed by atoms with Gasteiger partial charge >= 0.3 is 0 Å². The van der Waals surface area contributed by atoms with E-state index in [1.54, 1.807) is 21.3 Å². The molecule has 1 aliphatic heterocycles. The van der Waals surface area contributed by atoms with E-state index in [4.69, 9.17) is 25.7 Å². The molecule has 0 saturated heterocycles.